The van der Waals surface area contributed by atoms with Crippen LogP contribution in [-0.4, -0.2) is 24.5 Å². The van der Waals surface area contributed by atoms with E-state index in [-0.39, 0.29) is 11.5 Å². The molecule has 0 unspecified atom stereocenters. The number of hydrogen-bond acceptors (Lipinski definition) is 5. The highest BCUT2D eigenvalue weighted by Crippen LogP contribution is 2.31. The lowest BCUT2D eigenvalue weighted by Gasteiger charge is -2.21. The second kappa shape index (κ2) is 9.63. The third-order valence-corrected chi connectivity index (χ3v) is 7.22. The molecule has 4 aromatic heterocycles. The molecule has 6 rings (SSSR count). The Hall–Kier alpha value is -4.71. The third kappa shape index (κ3) is 4.14. The molecule has 6 heteroatoms. The van der Waals surface area contributed by atoms with E-state index in [1.54, 1.807) is 12.5 Å². The standard InChI is InChI=1S/C32H27N5O/c1-20-15-24(18-34-22(20)3)26-12-7-9-23-17-29(37(32(38)30(23)26)25-10-5-4-6-11-25)21(2)16-28-31-27(35-19-36-28)13-8-14-33-31/h4-15,17-19,21H,16H2,1-3H3/t21-/m1/s1. The molecule has 0 saturated carbocycles. The third-order valence-electron chi connectivity index (χ3n) is 7.22. The van der Waals surface area contributed by atoms with E-state index < -0.39 is 0 Å². The molecule has 0 aliphatic rings. The van der Waals surface area contributed by atoms with E-state index in [0.717, 1.165) is 55.9 Å². The summed E-state index contributed by atoms with van der Waals surface area (Å²) < 4.78 is 1.85. The maximum absolute atomic E-state index is 14.4. The highest BCUT2D eigenvalue weighted by Gasteiger charge is 2.20. The van der Waals surface area contributed by atoms with Gasteiger partial charge in [-0.25, -0.2) is 9.97 Å². The van der Waals surface area contributed by atoms with Gasteiger partial charge in [0.2, 0.25) is 0 Å². The Morgan fingerprint density at radius 1 is 0.868 bits per heavy atom. The molecule has 186 valence electrons. The molecule has 6 nitrogen and oxygen atoms in total. The van der Waals surface area contributed by atoms with Crippen molar-refractivity contribution in [3.63, 3.8) is 0 Å². The zero-order valence-corrected chi connectivity index (χ0v) is 21.6. The number of aromatic nitrogens is 5. The first kappa shape index (κ1) is 23.7. The topological polar surface area (TPSA) is 73.6 Å². The maximum atomic E-state index is 14.4. The Labute approximate surface area is 220 Å². The van der Waals surface area contributed by atoms with Gasteiger partial charge in [0.1, 0.15) is 11.8 Å². The van der Waals surface area contributed by atoms with Crippen molar-refractivity contribution in [1.82, 2.24) is 24.5 Å². The van der Waals surface area contributed by atoms with Crippen molar-refractivity contribution in [2.24, 2.45) is 0 Å². The van der Waals surface area contributed by atoms with Gasteiger partial charge in [-0.05, 0) is 66.8 Å². The molecular weight excluding hydrogens is 470 g/mol. The summed E-state index contributed by atoms with van der Waals surface area (Å²) in [5.74, 6) is -0.0145. The SMILES string of the molecule is Cc1cc(-c2cccc3cc([C@H](C)Cc4ncnc5cccnc45)n(-c4ccccc4)c(=O)c23)cnc1C. The Balaban J connectivity index is 1.57. The minimum absolute atomic E-state index is 0.0145. The van der Waals surface area contributed by atoms with Crippen molar-refractivity contribution in [1.29, 1.82) is 0 Å². The Morgan fingerprint density at radius 2 is 1.71 bits per heavy atom. The van der Waals surface area contributed by atoms with E-state index in [1.165, 1.54) is 0 Å². The van der Waals surface area contributed by atoms with Crippen LogP contribution in [-0.2, 0) is 6.42 Å². The van der Waals surface area contributed by atoms with Crippen LogP contribution in [0.4, 0.5) is 0 Å². The number of pyridine rings is 3. The molecule has 0 bridgehead atoms. The zero-order valence-electron chi connectivity index (χ0n) is 21.6. The van der Waals surface area contributed by atoms with Crippen LogP contribution < -0.4 is 5.56 Å². The smallest absolute Gasteiger partial charge is 0.263 e. The Kier molecular flexibility index (Phi) is 6.00. The molecule has 0 aliphatic carbocycles. The fourth-order valence-electron chi connectivity index (χ4n) is 5.11. The minimum atomic E-state index is -0.0463. The Bertz CT molecular complexity index is 1860. The van der Waals surface area contributed by atoms with Gasteiger partial charge in [0, 0.05) is 47.4 Å². The molecule has 0 spiro atoms. The molecule has 0 fully saturated rings. The number of aryl methyl sites for hydroxylation is 2. The summed E-state index contributed by atoms with van der Waals surface area (Å²) >= 11 is 0. The number of nitrogens with zero attached hydrogens (tertiary/aromatic N) is 5. The summed E-state index contributed by atoms with van der Waals surface area (Å²) in [4.78, 5) is 32.4. The lowest BCUT2D eigenvalue weighted by molar-refractivity contribution is 0.686. The van der Waals surface area contributed by atoms with Crippen LogP contribution in [0.3, 0.4) is 0 Å². The van der Waals surface area contributed by atoms with Gasteiger partial charge in [0.05, 0.1) is 16.6 Å². The summed E-state index contributed by atoms with van der Waals surface area (Å²) in [6, 6.07) is 23.9. The number of fused-ring (bicyclic) bond motifs is 2. The van der Waals surface area contributed by atoms with Gasteiger partial charge in [0.15, 0.2) is 0 Å². The maximum Gasteiger partial charge on any atom is 0.263 e. The van der Waals surface area contributed by atoms with Gasteiger partial charge in [-0.15, -0.1) is 0 Å². The van der Waals surface area contributed by atoms with Crippen molar-refractivity contribution >= 4 is 21.8 Å². The molecule has 38 heavy (non-hydrogen) atoms. The van der Waals surface area contributed by atoms with Crippen LogP contribution in [0.2, 0.25) is 0 Å². The quantitative estimate of drug-likeness (QED) is 0.277. The molecule has 0 amide bonds. The molecule has 0 saturated heterocycles. The predicted octanol–water partition coefficient (Wildman–Crippen LogP) is 6.35. The molecular formula is C32H27N5O. The molecule has 0 N–H and O–H groups in total. The molecule has 6 aromatic rings. The van der Waals surface area contributed by atoms with Crippen LogP contribution >= 0.6 is 0 Å². The van der Waals surface area contributed by atoms with Crippen molar-refractivity contribution in [2.75, 3.05) is 0 Å². The fraction of sp³-hybridized carbons (Fsp3) is 0.156. The molecule has 2 aromatic carbocycles. The van der Waals surface area contributed by atoms with Crippen LogP contribution in [0.25, 0.3) is 38.6 Å². The first-order chi connectivity index (χ1) is 18.5. The van der Waals surface area contributed by atoms with E-state index in [1.807, 2.05) is 85.3 Å². The number of hydrogen-bond donors (Lipinski definition) is 0. The normalized spacial score (nSPS) is 12.2. The summed E-state index contributed by atoms with van der Waals surface area (Å²) in [6.45, 7) is 6.17. The van der Waals surface area contributed by atoms with Gasteiger partial charge in [0.25, 0.3) is 5.56 Å². The van der Waals surface area contributed by atoms with Gasteiger partial charge in [-0.1, -0.05) is 43.3 Å². The highest BCUT2D eigenvalue weighted by atomic mass is 16.1. The first-order valence-electron chi connectivity index (χ1n) is 12.7. The van der Waals surface area contributed by atoms with Gasteiger partial charge >= 0.3 is 0 Å². The van der Waals surface area contributed by atoms with E-state index in [4.69, 9.17) is 0 Å². The van der Waals surface area contributed by atoms with Crippen LogP contribution in [0.15, 0.2) is 96.3 Å². The average Bonchev–Trinajstić information content (AvgIpc) is 2.94. The van der Waals surface area contributed by atoms with E-state index in [0.29, 0.717) is 11.8 Å². The lowest BCUT2D eigenvalue weighted by atomic mass is 9.94. The van der Waals surface area contributed by atoms with Crippen molar-refractivity contribution in [3.05, 3.63) is 125 Å². The molecule has 0 radical (unpaired) electrons. The lowest BCUT2D eigenvalue weighted by Crippen LogP contribution is -2.24. The zero-order chi connectivity index (χ0) is 26.2. The molecule has 1 atom stereocenters. The largest absolute Gasteiger partial charge is 0.280 e. The van der Waals surface area contributed by atoms with E-state index >= 15 is 0 Å². The monoisotopic (exact) mass is 497 g/mol. The Morgan fingerprint density at radius 3 is 2.53 bits per heavy atom. The van der Waals surface area contributed by atoms with Crippen LogP contribution in [0, 0.1) is 13.8 Å². The second-order valence-corrected chi connectivity index (χ2v) is 9.74. The van der Waals surface area contributed by atoms with Crippen LogP contribution in [0.1, 0.15) is 35.5 Å². The van der Waals surface area contributed by atoms with Gasteiger partial charge in [-0.2, -0.15) is 0 Å². The van der Waals surface area contributed by atoms with Crippen molar-refractivity contribution < 1.29 is 0 Å². The van der Waals surface area contributed by atoms with Gasteiger partial charge in [-0.3, -0.25) is 19.3 Å². The summed E-state index contributed by atoms with van der Waals surface area (Å²) in [5, 5.41) is 1.59. The first-order valence-corrected chi connectivity index (χ1v) is 12.7. The average molecular weight is 498 g/mol. The van der Waals surface area contributed by atoms with E-state index in [2.05, 4.69) is 39.0 Å². The summed E-state index contributed by atoms with van der Waals surface area (Å²) in [6.07, 6.45) is 5.82. The predicted molar refractivity (Wildman–Crippen MR) is 152 cm³/mol. The summed E-state index contributed by atoms with van der Waals surface area (Å²) in [7, 11) is 0. The van der Waals surface area contributed by atoms with E-state index in [9.17, 15) is 4.79 Å². The number of rotatable bonds is 5. The van der Waals surface area contributed by atoms with Gasteiger partial charge < -0.3 is 0 Å². The summed E-state index contributed by atoms with van der Waals surface area (Å²) in [5.41, 5.74) is 8.09. The number of benzene rings is 2. The minimum Gasteiger partial charge on any atom is -0.280 e. The highest BCUT2D eigenvalue weighted by molar-refractivity contribution is 5.96. The molecule has 4 heterocycles. The fourth-order valence-corrected chi connectivity index (χ4v) is 5.11. The second-order valence-electron chi connectivity index (χ2n) is 9.74. The molecule has 0 aliphatic heterocycles. The number of para-hydroxylation sites is 1. The van der Waals surface area contributed by atoms with Crippen LogP contribution in [0.5, 0.6) is 0 Å². The van der Waals surface area contributed by atoms with Crippen molar-refractivity contribution in [2.45, 2.75) is 33.1 Å². The van der Waals surface area contributed by atoms with Crippen molar-refractivity contribution in [3.8, 4) is 16.8 Å².